The highest BCUT2D eigenvalue weighted by Crippen LogP contribution is 2.33. The van der Waals surface area contributed by atoms with Crippen molar-refractivity contribution in [3.63, 3.8) is 0 Å². The number of nitrogens with one attached hydrogen (secondary N) is 2. The van der Waals surface area contributed by atoms with Crippen molar-refractivity contribution >= 4 is 29.6 Å². The summed E-state index contributed by atoms with van der Waals surface area (Å²) in [7, 11) is 1.59. The van der Waals surface area contributed by atoms with E-state index in [1.54, 1.807) is 36.7 Å². The average molecular weight is 418 g/mol. The summed E-state index contributed by atoms with van der Waals surface area (Å²) in [5.41, 5.74) is 5.00. The third kappa shape index (κ3) is 3.44. The maximum atomic E-state index is 15.0. The molecule has 0 amide bonds. The fourth-order valence-electron chi connectivity index (χ4n) is 3.77. The molecule has 0 fully saturated rings. The van der Waals surface area contributed by atoms with Crippen LogP contribution >= 0.6 is 0 Å². The number of likely N-dealkylation sites (N-methyl/N-ethyl adjacent to an activating group) is 1. The summed E-state index contributed by atoms with van der Waals surface area (Å²) < 4.78 is 22.3. The molecule has 0 radical (unpaired) electrons. The van der Waals surface area contributed by atoms with E-state index in [1.165, 1.54) is 6.07 Å². The van der Waals surface area contributed by atoms with Gasteiger partial charge in [-0.1, -0.05) is 6.07 Å². The Labute approximate surface area is 179 Å². The van der Waals surface area contributed by atoms with Gasteiger partial charge in [0.15, 0.2) is 5.84 Å². The zero-order valence-electron chi connectivity index (χ0n) is 17.6. The first-order valence-electron chi connectivity index (χ1n) is 9.89. The number of hydrogen-bond donors (Lipinski definition) is 2. The first-order valence-corrected chi connectivity index (χ1v) is 9.89. The summed E-state index contributed by atoms with van der Waals surface area (Å²) in [5.74, 6) is -0.163. The molecule has 0 saturated carbocycles. The Hall–Kier alpha value is -3.65. The van der Waals surface area contributed by atoms with Gasteiger partial charge in [-0.2, -0.15) is 0 Å². The highest BCUT2D eigenvalue weighted by Gasteiger charge is 2.22. The van der Waals surface area contributed by atoms with Gasteiger partial charge in [-0.05, 0) is 43.2 Å². The lowest BCUT2D eigenvalue weighted by molar-refractivity contribution is 0.186. The van der Waals surface area contributed by atoms with E-state index in [-0.39, 0.29) is 18.3 Å². The van der Waals surface area contributed by atoms with Crippen molar-refractivity contribution in [2.75, 3.05) is 13.7 Å². The van der Waals surface area contributed by atoms with Gasteiger partial charge in [-0.3, -0.25) is 5.41 Å². The van der Waals surface area contributed by atoms with Crippen LogP contribution in [0.2, 0.25) is 0 Å². The van der Waals surface area contributed by atoms with Crippen LogP contribution in [0.15, 0.2) is 47.3 Å². The summed E-state index contributed by atoms with van der Waals surface area (Å²) in [6.45, 7) is 4.76. The quantitative estimate of drug-likeness (QED) is 0.585. The number of ether oxygens (including phenoxy) is 1. The van der Waals surface area contributed by atoms with Crippen LogP contribution < -0.4 is 0 Å². The third-order valence-electron chi connectivity index (χ3n) is 5.40. The van der Waals surface area contributed by atoms with E-state index >= 15 is 0 Å². The van der Waals surface area contributed by atoms with E-state index in [2.05, 4.69) is 9.98 Å². The summed E-state index contributed by atoms with van der Waals surface area (Å²) >= 11 is 0. The topological polar surface area (TPSA) is 89.8 Å². The maximum absolute atomic E-state index is 15.0. The molecule has 3 aromatic rings. The van der Waals surface area contributed by atoms with Crippen LogP contribution in [0.25, 0.3) is 22.3 Å². The predicted molar refractivity (Wildman–Crippen MR) is 120 cm³/mol. The number of aliphatic imine (C=N–C) groups is 1. The predicted octanol–water partition coefficient (Wildman–Crippen LogP) is 4.30. The van der Waals surface area contributed by atoms with Gasteiger partial charge in [0, 0.05) is 54.7 Å². The van der Waals surface area contributed by atoms with Crippen molar-refractivity contribution in [1.29, 1.82) is 10.8 Å². The molecule has 0 atom stereocenters. The van der Waals surface area contributed by atoms with Gasteiger partial charge in [0.25, 0.3) is 0 Å². The van der Waals surface area contributed by atoms with Crippen LogP contribution in [0.1, 0.15) is 23.7 Å². The van der Waals surface area contributed by atoms with Crippen LogP contribution in [0.3, 0.4) is 0 Å². The summed E-state index contributed by atoms with van der Waals surface area (Å²) in [4.78, 5) is 10.5. The lowest BCUT2D eigenvalue weighted by atomic mass is 9.95. The van der Waals surface area contributed by atoms with E-state index in [4.69, 9.17) is 15.6 Å². The number of nitrogens with zero attached hydrogens (tertiary/aromatic N) is 4. The smallest absolute Gasteiger partial charge is 0.153 e. The molecule has 0 aliphatic carbocycles. The molecule has 1 aliphatic heterocycles. The molecule has 31 heavy (non-hydrogen) atoms. The maximum Gasteiger partial charge on any atom is 0.153 e. The molecule has 1 aliphatic rings. The number of aryl methyl sites for hydroxylation is 1. The first-order chi connectivity index (χ1) is 15.0. The second-order valence-corrected chi connectivity index (χ2v) is 7.21. The molecule has 0 saturated heterocycles. The normalized spacial score (nSPS) is 15.2. The van der Waals surface area contributed by atoms with Crippen molar-refractivity contribution in [1.82, 2.24) is 14.3 Å². The third-order valence-corrected chi connectivity index (χ3v) is 5.40. The molecule has 0 spiro atoms. The summed E-state index contributed by atoms with van der Waals surface area (Å²) in [6, 6.07) is 6.54. The molecule has 0 bridgehead atoms. The monoisotopic (exact) mass is 418 g/mol. The molecule has 3 heterocycles. The molecule has 2 aromatic heterocycles. The molecule has 1 aromatic carbocycles. The largest absolute Gasteiger partial charge is 0.380 e. The molecule has 2 N–H and O–H groups in total. The van der Waals surface area contributed by atoms with Gasteiger partial charge < -0.3 is 19.4 Å². The molecule has 7 nitrogen and oxygen atoms in total. The highest BCUT2D eigenvalue weighted by atomic mass is 19.1. The standard InChI is InChI=1S/C23H23FN6O/c1-4-29-13-28-21(22(29)26)18(10-25)15-5-6-20(24)17(9-15)16-7-8-30-14(2)11-27-23(30)19(16)12-31-3/h5-11,13,25-26H,4,12H2,1-3H3/b21-18-,25-10?,26-22?. The van der Waals surface area contributed by atoms with Crippen LogP contribution in [0.4, 0.5) is 4.39 Å². The van der Waals surface area contributed by atoms with Crippen molar-refractivity contribution in [2.24, 2.45) is 4.99 Å². The van der Waals surface area contributed by atoms with Crippen LogP contribution in [-0.4, -0.2) is 46.3 Å². The number of halogens is 1. The lowest BCUT2D eigenvalue weighted by Crippen LogP contribution is -2.24. The van der Waals surface area contributed by atoms with Gasteiger partial charge in [0.05, 0.1) is 12.9 Å². The molecule has 4 rings (SSSR count). The van der Waals surface area contributed by atoms with Gasteiger partial charge in [-0.25, -0.2) is 14.4 Å². The number of methoxy groups -OCH3 is 1. The molecule has 158 valence electrons. The van der Waals surface area contributed by atoms with Crippen LogP contribution in [0.5, 0.6) is 0 Å². The van der Waals surface area contributed by atoms with Gasteiger partial charge in [0.1, 0.15) is 17.2 Å². The minimum atomic E-state index is -0.386. The second kappa shape index (κ2) is 8.23. The van der Waals surface area contributed by atoms with Crippen molar-refractivity contribution < 1.29 is 9.13 Å². The zero-order chi connectivity index (χ0) is 22.1. The number of allylic oxidation sites excluding steroid dienone is 1. The fourth-order valence-corrected chi connectivity index (χ4v) is 3.77. The molecular weight excluding hydrogens is 395 g/mol. The van der Waals surface area contributed by atoms with Gasteiger partial charge in [-0.15, -0.1) is 0 Å². The van der Waals surface area contributed by atoms with E-state index in [0.29, 0.717) is 40.2 Å². The number of fused-ring (bicyclic) bond motifs is 1. The number of imidazole rings is 1. The van der Waals surface area contributed by atoms with E-state index < -0.39 is 0 Å². The van der Waals surface area contributed by atoms with Crippen molar-refractivity contribution in [3.8, 4) is 11.1 Å². The Kier molecular flexibility index (Phi) is 5.48. The Bertz CT molecular complexity index is 1260. The Morgan fingerprint density at radius 3 is 2.74 bits per heavy atom. The second-order valence-electron chi connectivity index (χ2n) is 7.21. The number of amidine groups is 1. The Morgan fingerprint density at radius 2 is 2.06 bits per heavy atom. The van der Waals surface area contributed by atoms with Crippen LogP contribution in [0, 0.1) is 23.6 Å². The number of benzene rings is 1. The number of pyridine rings is 1. The van der Waals surface area contributed by atoms with Crippen molar-refractivity contribution in [3.05, 3.63) is 65.0 Å². The van der Waals surface area contributed by atoms with E-state index in [0.717, 1.165) is 17.5 Å². The fraction of sp³-hybridized carbons (Fsp3) is 0.217. The van der Waals surface area contributed by atoms with Crippen LogP contribution in [-0.2, 0) is 11.3 Å². The minimum absolute atomic E-state index is 0.223. The van der Waals surface area contributed by atoms with E-state index in [1.807, 2.05) is 30.5 Å². The summed E-state index contributed by atoms with van der Waals surface area (Å²) in [6.07, 6.45) is 6.38. The first kappa shape index (κ1) is 20.6. The van der Waals surface area contributed by atoms with Crippen molar-refractivity contribution in [2.45, 2.75) is 20.5 Å². The zero-order valence-corrected chi connectivity index (χ0v) is 17.6. The highest BCUT2D eigenvalue weighted by molar-refractivity contribution is 6.22. The SMILES string of the molecule is CCN1C=N/C(=C(/C=N)c2ccc(F)c(-c3ccn4c(C)cnc4c3COC)c2)C1=N. The Balaban J connectivity index is 1.90. The molecular formula is C23H23FN6O. The number of aromatic nitrogens is 2. The van der Waals surface area contributed by atoms with Gasteiger partial charge >= 0.3 is 0 Å². The Morgan fingerprint density at radius 1 is 1.26 bits per heavy atom. The molecule has 0 unspecified atom stereocenters. The van der Waals surface area contributed by atoms with E-state index in [9.17, 15) is 4.39 Å². The number of hydrogen-bond acceptors (Lipinski definition) is 5. The molecule has 8 heteroatoms. The summed E-state index contributed by atoms with van der Waals surface area (Å²) in [5, 5.41) is 16.2. The average Bonchev–Trinajstić information content (AvgIpc) is 3.33. The van der Waals surface area contributed by atoms with Gasteiger partial charge in [0.2, 0.25) is 0 Å². The minimum Gasteiger partial charge on any atom is -0.380 e. The number of rotatable bonds is 6. The lowest BCUT2D eigenvalue weighted by Gasteiger charge is -2.15.